The number of carbonyl (C=O) groups excluding carboxylic acids is 1. The molecule has 38 heavy (non-hydrogen) atoms. The zero-order chi connectivity index (χ0) is 27.7. The maximum absolute atomic E-state index is 13.9. The first-order valence-electron chi connectivity index (χ1n) is 12.1. The number of aliphatic hydroxyl groups is 2. The number of benzene rings is 1. The van der Waals surface area contributed by atoms with Crippen molar-refractivity contribution in [2.45, 2.75) is 63.9 Å². The van der Waals surface area contributed by atoms with Crippen molar-refractivity contribution in [1.82, 2.24) is 19.6 Å². The van der Waals surface area contributed by atoms with Gasteiger partial charge in [0, 0.05) is 6.20 Å². The maximum Gasteiger partial charge on any atom is 0.459 e. The molecule has 2 aromatic heterocycles. The highest BCUT2D eigenvalue weighted by Crippen LogP contribution is 2.49. The highest BCUT2D eigenvalue weighted by Gasteiger charge is 2.56. The van der Waals surface area contributed by atoms with Crippen molar-refractivity contribution in [3.05, 3.63) is 48.9 Å². The number of nitrogens with one attached hydrogen (secondary N) is 1. The predicted octanol–water partition coefficient (Wildman–Crippen LogP) is 2.16. The molecule has 0 bridgehead atoms. The molecule has 1 saturated heterocycles. The van der Waals surface area contributed by atoms with Crippen LogP contribution in [-0.4, -0.2) is 67.3 Å². The highest BCUT2D eigenvalue weighted by molar-refractivity contribution is 7.52. The Morgan fingerprint density at radius 3 is 2.68 bits per heavy atom. The fourth-order valence-corrected chi connectivity index (χ4v) is 5.96. The molecule has 7 atom stereocenters. The average molecular weight is 550 g/mol. The Morgan fingerprint density at radius 1 is 1.29 bits per heavy atom. The lowest BCUT2D eigenvalue weighted by Crippen LogP contribution is -2.46. The molecule has 206 valence electrons. The molecule has 4 rings (SSSR count). The molecule has 3 aromatic rings. The summed E-state index contributed by atoms with van der Waals surface area (Å²) >= 11 is 0. The molecule has 1 aromatic carbocycles. The third-order valence-electron chi connectivity index (χ3n) is 6.22. The van der Waals surface area contributed by atoms with E-state index in [-0.39, 0.29) is 18.2 Å². The van der Waals surface area contributed by atoms with Crippen molar-refractivity contribution in [3.8, 4) is 5.75 Å². The molecule has 0 spiro atoms. The van der Waals surface area contributed by atoms with E-state index in [0.717, 1.165) is 0 Å². The molecule has 1 aliphatic heterocycles. The summed E-state index contributed by atoms with van der Waals surface area (Å²) < 4.78 is 37.9. The Balaban J connectivity index is 1.59. The van der Waals surface area contributed by atoms with E-state index < -0.39 is 49.9 Å². The van der Waals surface area contributed by atoms with Crippen molar-refractivity contribution in [2.24, 2.45) is 0 Å². The number of fused-ring (bicyclic) bond motifs is 1. The molecule has 3 heterocycles. The van der Waals surface area contributed by atoms with Gasteiger partial charge in [0.2, 0.25) is 0 Å². The zero-order valence-electron chi connectivity index (χ0n) is 21.4. The second kappa shape index (κ2) is 11.0. The van der Waals surface area contributed by atoms with Crippen LogP contribution in [0.5, 0.6) is 5.75 Å². The van der Waals surface area contributed by atoms with E-state index in [1.807, 2.05) is 0 Å². The summed E-state index contributed by atoms with van der Waals surface area (Å²) in [7, 11) is -4.24. The first-order chi connectivity index (χ1) is 18.0. The van der Waals surface area contributed by atoms with E-state index in [4.69, 9.17) is 24.3 Å². The van der Waals surface area contributed by atoms with E-state index in [0.29, 0.717) is 11.0 Å². The predicted molar refractivity (Wildman–Crippen MR) is 137 cm³/mol. The summed E-state index contributed by atoms with van der Waals surface area (Å²) in [5.74, 6) is -0.178. The number of aliphatic hydroxyl groups excluding tert-OH is 1. The van der Waals surface area contributed by atoms with Crippen LogP contribution in [0.25, 0.3) is 11.0 Å². The number of esters is 1. The minimum atomic E-state index is -4.24. The molecule has 0 radical (unpaired) electrons. The van der Waals surface area contributed by atoms with E-state index in [2.05, 4.69) is 15.1 Å². The first kappa shape index (κ1) is 28.0. The lowest BCUT2D eigenvalue weighted by molar-refractivity contribution is -0.144. The van der Waals surface area contributed by atoms with Gasteiger partial charge in [-0.3, -0.25) is 9.32 Å². The lowest BCUT2D eigenvalue weighted by Gasteiger charge is -2.29. The molecule has 1 unspecified atom stereocenters. The number of nitrogens with zero attached hydrogens (tertiary/aromatic N) is 3. The second-order valence-corrected chi connectivity index (χ2v) is 10.8. The molecule has 13 nitrogen and oxygen atoms in total. The van der Waals surface area contributed by atoms with Crippen LogP contribution >= 0.6 is 7.75 Å². The van der Waals surface area contributed by atoms with Gasteiger partial charge in [0.05, 0.1) is 18.1 Å². The van der Waals surface area contributed by atoms with E-state index in [1.165, 1.54) is 31.7 Å². The number of para-hydroxylation sites is 1. The van der Waals surface area contributed by atoms with Gasteiger partial charge in [-0.25, -0.2) is 14.5 Å². The zero-order valence-corrected chi connectivity index (χ0v) is 22.3. The number of nitrogen functional groups attached to an aromatic ring is 1. The Bertz CT molecular complexity index is 1320. The van der Waals surface area contributed by atoms with Crippen LogP contribution < -0.4 is 15.3 Å². The van der Waals surface area contributed by atoms with Gasteiger partial charge in [0.15, 0.2) is 6.23 Å². The van der Waals surface area contributed by atoms with Gasteiger partial charge < -0.3 is 34.5 Å². The van der Waals surface area contributed by atoms with Gasteiger partial charge in [-0.15, -0.1) is 0 Å². The number of hydrogen-bond acceptors (Lipinski definition) is 11. The SMILES string of the molecule is CCOC(=O)[C@H](C)NP(=O)(Oc1ccccc1)O[C@@H](C)[C@H]1O[C@@H](n2ccc3c(N)ncnc32)[C@](C)(O)[C@@H]1O. The summed E-state index contributed by atoms with van der Waals surface area (Å²) in [6.45, 7) is 6.16. The number of rotatable bonds is 10. The number of aromatic nitrogens is 3. The topological polar surface area (TPSA) is 180 Å². The fourth-order valence-electron chi connectivity index (χ4n) is 4.27. The Morgan fingerprint density at radius 2 is 2.00 bits per heavy atom. The molecule has 0 amide bonds. The van der Waals surface area contributed by atoms with Gasteiger partial charge in [0.1, 0.15) is 47.4 Å². The van der Waals surface area contributed by atoms with Crippen LogP contribution in [0.1, 0.15) is 33.9 Å². The Hall–Kier alpha value is -3.06. The van der Waals surface area contributed by atoms with Crippen LogP contribution in [-0.2, 0) is 23.4 Å². The maximum atomic E-state index is 13.9. The second-order valence-electron chi connectivity index (χ2n) is 9.16. The van der Waals surface area contributed by atoms with E-state index in [1.54, 1.807) is 49.5 Å². The molecular weight excluding hydrogens is 517 g/mol. The summed E-state index contributed by atoms with van der Waals surface area (Å²) in [5.41, 5.74) is 4.52. The lowest BCUT2D eigenvalue weighted by atomic mass is 9.94. The Kier molecular flexibility index (Phi) is 8.07. The van der Waals surface area contributed by atoms with Crippen LogP contribution in [0.4, 0.5) is 5.82 Å². The number of anilines is 1. The minimum Gasteiger partial charge on any atom is -0.465 e. The quantitative estimate of drug-likeness (QED) is 0.214. The number of carbonyl (C=O) groups is 1. The standard InChI is InChI=1S/C24H32N5O8P/c1-5-34-22(31)14(2)28-38(33,37-16-9-7-6-8-10-16)36-15(3)18-19(30)24(4,32)23(35-18)29-12-11-17-20(25)26-13-27-21(17)29/h6-15,18-19,23,30,32H,5H2,1-4H3,(H,28,33)(H2,25,26,27)/t14-,15-,18+,19+,23+,24+,38?/m0/s1. The molecule has 5 N–H and O–H groups in total. The summed E-state index contributed by atoms with van der Waals surface area (Å²) in [6, 6.07) is 8.89. The number of ether oxygens (including phenoxy) is 2. The van der Waals surface area contributed by atoms with Crippen molar-refractivity contribution in [3.63, 3.8) is 0 Å². The summed E-state index contributed by atoms with van der Waals surface area (Å²) in [5, 5.41) is 25.4. The third kappa shape index (κ3) is 5.53. The van der Waals surface area contributed by atoms with Gasteiger partial charge in [0.25, 0.3) is 0 Å². The largest absolute Gasteiger partial charge is 0.465 e. The van der Waals surface area contributed by atoms with Crippen LogP contribution in [0, 0.1) is 0 Å². The average Bonchev–Trinajstić information content (AvgIpc) is 3.38. The Labute approximate surface area is 219 Å². The van der Waals surface area contributed by atoms with Crippen molar-refractivity contribution < 1.29 is 38.1 Å². The normalized spacial score (nSPS) is 26.5. The highest BCUT2D eigenvalue weighted by atomic mass is 31.2. The van der Waals surface area contributed by atoms with Crippen LogP contribution in [0.2, 0.25) is 0 Å². The molecule has 0 aliphatic carbocycles. The van der Waals surface area contributed by atoms with Crippen molar-refractivity contribution in [1.29, 1.82) is 0 Å². The minimum absolute atomic E-state index is 0.134. The fraction of sp³-hybridized carbons (Fsp3) is 0.458. The monoisotopic (exact) mass is 549 g/mol. The summed E-state index contributed by atoms with van der Waals surface area (Å²) in [6.07, 6.45) is -1.90. The number of hydrogen-bond donors (Lipinski definition) is 4. The van der Waals surface area contributed by atoms with E-state index >= 15 is 0 Å². The molecule has 14 heteroatoms. The molecule has 0 saturated carbocycles. The van der Waals surface area contributed by atoms with Gasteiger partial charge in [-0.2, -0.15) is 5.09 Å². The molecular formula is C24H32N5O8P. The third-order valence-corrected chi connectivity index (χ3v) is 7.98. The van der Waals surface area contributed by atoms with E-state index in [9.17, 15) is 19.6 Å². The van der Waals surface area contributed by atoms with Gasteiger partial charge in [-0.1, -0.05) is 18.2 Å². The van der Waals surface area contributed by atoms with Crippen molar-refractivity contribution in [2.75, 3.05) is 12.3 Å². The first-order valence-corrected chi connectivity index (χ1v) is 13.6. The number of nitrogens with two attached hydrogens (primary N) is 1. The van der Waals surface area contributed by atoms with Crippen LogP contribution in [0.15, 0.2) is 48.9 Å². The van der Waals surface area contributed by atoms with Crippen molar-refractivity contribution >= 4 is 30.6 Å². The van der Waals surface area contributed by atoms with Gasteiger partial charge >= 0.3 is 13.7 Å². The smallest absolute Gasteiger partial charge is 0.459 e. The summed E-state index contributed by atoms with van der Waals surface area (Å²) in [4.78, 5) is 20.4. The molecule has 1 fully saturated rings. The van der Waals surface area contributed by atoms with Crippen LogP contribution in [0.3, 0.4) is 0 Å². The van der Waals surface area contributed by atoms with Gasteiger partial charge in [-0.05, 0) is 45.9 Å². The molecule has 1 aliphatic rings.